The van der Waals surface area contributed by atoms with Crippen LogP contribution >= 0.6 is 0 Å². The van der Waals surface area contributed by atoms with Crippen LogP contribution in [-0.2, 0) is 28.6 Å². The number of allylic oxidation sites excluding steroid dienone is 3. The Kier molecular flexibility index (Phi) is 9.41. The molecule has 9 heteroatoms. The highest BCUT2D eigenvalue weighted by molar-refractivity contribution is 5.89. The summed E-state index contributed by atoms with van der Waals surface area (Å²) in [6, 6.07) is 0. The van der Waals surface area contributed by atoms with Crippen molar-refractivity contribution in [3.05, 3.63) is 34.9 Å². The molecule has 9 nitrogen and oxygen atoms in total. The van der Waals surface area contributed by atoms with E-state index < -0.39 is 54.5 Å². The highest BCUT2D eigenvalue weighted by Crippen LogP contribution is 2.30. The molecule has 1 aliphatic carbocycles. The standard InChI is InChI=1S/C21H30O9/c1-7-10(4)19(25)28-16-13(22)14(23)17(29-20(26)11(5)8-2)18(15(16)24)30-21(27)12(6)9-3/h7-9,13-18,22-24H,1-6H3/b10-7-,11-8-,12-9-/t13-,14-,15-,16+,17+,18-/m1/s1. The number of aliphatic hydroxyl groups is 3. The maximum atomic E-state index is 12.3. The van der Waals surface area contributed by atoms with Gasteiger partial charge < -0.3 is 29.5 Å². The molecule has 0 spiro atoms. The highest BCUT2D eigenvalue weighted by atomic mass is 16.6. The van der Waals surface area contributed by atoms with E-state index >= 15 is 0 Å². The van der Waals surface area contributed by atoms with Crippen LogP contribution in [-0.4, -0.2) is 69.9 Å². The second-order valence-corrected chi connectivity index (χ2v) is 7.00. The van der Waals surface area contributed by atoms with Gasteiger partial charge in [-0.25, -0.2) is 14.4 Å². The van der Waals surface area contributed by atoms with Crippen molar-refractivity contribution in [2.24, 2.45) is 0 Å². The number of aliphatic hydroxyl groups excluding tert-OH is 3. The fraction of sp³-hybridized carbons (Fsp3) is 0.571. The molecule has 6 atom stereocenters. The van der Waals surface area contributed by atoms with Crippen LogP contribution in [0.3, 0.4) is 0 Å². The van der Waals surface area contributed by atoms with Gasteiger partial charge in [0.15, 0.2) is 18.3 Å². The lowest BCUT2D eigenvalue weighted by atomic mass is 9.84. The third kappa shape index (κ3) is 5.78. The minimum absolute atomic E-state index is 0.204. The number of hydrogen-bond donors (Lipinski definition) is 3. The Bertz CT molecular complexity index is 750. The molecule has 0 unspecified atom stereocenters. The molecule has 1 aliphatic rings. The molecule has 0 bridgehead atoms. The Morgan fingerprint density at radius 2 is 0.833 bits per heavy atom. The molecule has 0 saturated heterocycles. The highest BCUT2D eigenvalue weighted by Gasteiger charge is 2.55. The Labute approximate surface area is 175 Å². The van der Waals surface area contributed by atoms with Crippen molar-refractivity contribution in [3.63, 3.8) is 0 Å². The van der Waals surface area contributed by atoms with Crippen LogP contribution in [0.25, 0.3) is 0 Å². The first-order chi connectivity index (χ1) is 14.0. The molecule has 3 N–H and O–H groups in total. The fourth-order valence-corrected chi connectivity index (χ4v) is 2.58. The van der Waals surface area contributed by atoms with Crippen LogP contribution in [0.2, 0.25) is 0 Å². The molecular weight excluding hydrogens is 396 g/mol. The zero-order valence-corrected chi connectivity index (χ0v) is 18.0. The quantitative estimate of drug-likeness (QED) is 0.318. The van der Waals surface area contributed by atoms with Crippen molar-refractivity contribution in [3.8, 4) is 0 Å². The van der Waals surface area contributed by atoms with Crippen LogP contribution in [0, 0.1) is 0 Å². The van der Waals surface area contributed by atoms with Crippen LogP contribution in [0.1, 0.15) is 41.5 Å². The molecule has 1 saturated carbocycles. The Hall–Kier alpha value is -2.49. The summed E-state index contributed by atoms with van der Waals surface area (Å²) in [6.45, 7) is 9.22. The van der Waals surface area contributed by atoms with Gasteiger partial charge in [-0.1, -0.05) is 18.2 Å². The Balaban J connectivity index is 3.29. The lowest BCUT2D eigenvalue weighted by Crippen LogP contribution is -2.66. The van der Waals surface area contributed by atoms with Crippen LogP contribution < -0.4 is 0 Å². The van der Waals surface area contributed by atoms with E-state index in [0.29, 0.717) is 0 Å². The predicted octanol–water partition coefficient (Wildman–Crippen LogP) is 0.717. The summed E-state index contributed by atoms with van der Waals surface area (Å²) in [6.07, 6.45) is -5.76. The lowest BCUT2D eigenvalue weighted by molar-refractivity contribution is -0.244. The number of hydrogen-bond acceptors (Lipinski definition) is 9. The first kappa shape index (κ1) is 25.5. The van der Waals surface area contributed by atoms with Crippen molar-refractivity contribution in [1.29, 1.82) is 0 Å². The summed E-state index contributed by atoms with van der Waals surface area (Å²) in [5.41, 5.74) is 0.619. The molecule has 0 aromatic carbocycles. The third-order valence-corrected chi connectivity index (χ3v) is 5.01. The number of esters is 3. The van der Waals surface area contributed by atoms with Gasteiger partial charge in [0.2, 0.25) is 0 Å². The van der Waals surface area contributed by atoms with Crippen LogP contribution in [0.15, 0.2) is 34.9 Å². The first-order valence-corrected chi connectivity index (χ1v) is 9.55. The molecule has 0 heterocycles. The largest absolute Gasteiger partial charge is 0.453 e. The number of carbonyl (C=O) groups is 3. The number of ether oxygens (including phenoxy) is 3. The summed E-state index contributed by atoms with van der Waals surface area (Å²) in [5, 5.41) is 31.7. The molecule has 1 rings (SSSR count). The van der Waals surface area contributed by atoms with Gasteiger partial charge in [-0.3, -0.25) is 0 Å². The SMILES string of the molecule is C/C=C(/C)C(=O)O[C@H]1[C@H](O)[C@@H](O)[C@H](OC(=O)/C(C)=C\C)[C@H](OC(=O)/C(C)=C\C)[C@@H]1O. The van der Waals surface area contributed by atoms with Crippen molar-refractivity contribution >= 4 is 17.9 Å². The molecule has 0 aromatic heterocycles. The van der Waals surface area contributed by atoms with Crippen molar-refractivity contribution in [2.75, 3.05) is 0 Å². The summed E-state index contributed by atoms with van der Waals surface area (Å²) >= 11 is 0. The summed E-state index contributed by atoms with van der Waals surface area (Å²) in [7, 11) is 0. The van der Waals surface area contributed by atoms with Crippen LogP contribution in [0.5, 0.6) is 0 Å². The average Bonchev–Trinajstić information content (AvgIpc) is 2.74. The predicted molar refractivity (Wildman–Crippen MR) is 106 cm³/mol. The van der Waals surface area contributed by atoms with Gasteiger partial charge in [-0.15, -0.1) is 0 Å². The topological polar surface area (TPSA) is 140 Å². The molecular formula is C21H30O9. The fourth-order valence-electron chi connectivity index (χ4n) is 2.58. The molecule has 168 valence electrons. The molecule has 0 aliphatic heterocycles. The number of rotatable bonds is 6. The van der Waals surface area contributed by atoms with E-state index in [1.165, 1.54) is 39.0 Å². The maximum absolute atomic E-state index is 12.3. The Morgan fingerprint density at radius 1 is 0.567 bits per heavy atom. The molecule has 1 fully saturated rings. The summed E-state index contributed by atoms with van der Waals surface area (Å²) < 4.78 is 15.6. The normalized spacial score (nSPS) is 30.5. The van der Waals surface area contributed by atoms with E-state index in [2.05, 4.69) is 0 Å². The van der Waals surface area contributed by atoms with E-state index in [-0.39, 0.29) is 16.7 Å². The van der Waals surface area contributed by atoms with E-state index in [9.17, 15) is 29.7 Å². The van der Waals surface area contributed by atoms with Gasteiger partial charge in [0.25, 0.3) is 0 Å². The lowest BCUT2D eigenvalue weighted by Gasteiger charge is -2.44. The zero-order chi connectivity index (χ0) is 23.2. The van der Waals surface area contributed by atoms with Crippen molar-refractivity contribution in [2.45, 2.75) is 78.2 Å². The van der Waals surface area contributed by atoms with Gasteiger partial charge in [-0.2, -0.15) is 0 Å². The summed E-state index contributed by atoms with van der Waals surface area (Å²) in [5.74, 6) is -2.49. The molecule has 0 radical (unpaired) electrons. The van der Waals surface area contributed by atoms with E-state index in [4.69, 9.17) is 14.2 Å². The van der Waals surface area contributed by atoms with Crippen molar-refractivity contribution < 1.29 is 43.9 Å². The van der Waals surface area contributed by atoms with E-state index in [0.717, 1.165) is 0 Å². The Morgan fingerprint density at radius 3 is 1.17 bits per heavy atom. The number of carbonyl (C=O) groups excluding carboxylic acids is 3. The van der Waals surface area contributed by atoms with Crippen LogP contribution in [0.4, 0.5) is 0 Å². The molecule has 0 amide bonds. The van der Waals surface area contributed by atoms with Gasteiger partial charge in [0.05, 0.1) is 0 Å². The minimum Gasteiger partial charge on any atom is -0.453 e. The molecule has 0 aromatic rings. The maximum Gasteiger partial charge on any atom is 0.333 e. The zero-order valence-electron chi connectivity index (χ0n) is 18.0. The first-order valence-electron chi connectivity index (χ1n) is 9.55. The van der Waals surface area contributed by atoms with E-state index in [1.807, 2.05) is 0 Å². The summed E-state index contributed by atoms with van der Waals surface area (Å²) in [4.78, 5) is 36.6. The second kappa shape index (κ2) is 11.1. The third-order valence-electron chi connectivity index (χ3n) is 5.01. The smallest absolute Gasteiger partial charge is 0.333 e. The van der Waals surface area contributed by atoms with Gasteiger partial charge >= 0.3 is 17.9 Å². The van der Waals surface area contributed by atoms with Gasteiger partial charge in [0.1, 0.15) is 18.3 Å². The second-order valence-electron chi connectivity index (χ2n) is 7.00. The minimum atomic E-state index is -1.80. The van der Waals surface area contributed by atoms with Gasteiger partial charge in [0, 0.05) is 16.7 Å². The van der Waals surface area contributed by atoms with Crippen molar-refractivity contribution in [1.82, 2.24) is 0 Å². The van der Waals surface area contributed by atoms with Gasteiger partial charge in [-0.05, 0) is 41.5 Å². The molecule has 30 heavy (non-hydrogen) atoms. The average molecular weight is 426 g/mol. The monoisotopic (exact) mass is 426 g/mol. The van der Waals surface area contributed by atoms with E-state index in [1.54, 1.807) is 20.8 Å².